The molecule has 0 atom stereocenters. The number of anilines is 1. The van der Waals surface area contributed by atoms with Crippen molar-refractivity contribution in [2.75, 3.05) is 18.7 Å². The Morgan fingerprint density at radius 2 is 1.87 bits per heavy atom. The fourth-order valence-electron chi connectivity index (χ4n) is 3.21. The van der Waals surface area contributed by atoms with Gasteiger partial charge >= 0.3 is 5.97 Å². The van der Waals surface area contributed by atoms with Crippen molar-refractivity contribution < 1.29 is 23.8 Å². The van der Waals surface area contributed by atoms with Crippen LogP contribution in [0.1, 0.15) is 32.5 Å². The van der Waals surface area contributed by atoms with E-state index in [4.69, 9.17) is 25.8 Å². The minimum atomic E-state index is -0.493. The van der Waals surface area contributed by atoms with Crippen LogP contribution in [0.25, 0.3) is 11.1 Å². The molecule has 0 unspecified atom stereocenters. The molecule has 1 aromatic heterocycles. The van der Waals surface area contributed by atoms with Crippen LogP contribution in [0.2, 0.25) is 5.02 Å². The van der Waals surface area contributed by atoms with E-state index in [2.05, 4.69) is 5.32 Å². The lowest BCUT2D eigenvalue weighted by molar-refractivity contribution is 0.0529. The molecule has 0 saturated carbocycles. The number of thiophene rings is 1. The largest absolute Gasteiger partial charge is 0.462 e. The second-order valence-corrected chi connectivity index (χ2v) is 8.15. The lowest BCUT2D eigenvalue weighted by Crippen LogP contribution is -2.14. The number of fused-ring (bicyclic) bond motifs is 1. The van der Waals surface area contributed by atoms with Crippen molar-refractivity contribution in [3.8, 4) is 22.6 Å². The minimum Gasteiger partial charge on any atom is -0.462 e. The maximum Gasteiger partial charge on any atom is 0.341 e. The highest BCUT2D eigenvalue weighted by Crippen LogP contribution is 2.41. The summed E-state index contributed by atoms with van der Waals surface area (Å²) in [6, 6.07) is 12.1. The SMILES string of the molecule is CCOC(=O)c1c(NC(=O)c2ccc3c(c2)OCO3)sc(C)c1-c1ccc(Cl)cc1. The standard InChI is InChI=1S/C22H18ClNO5S/c1-3-27-22(26)19-18(13-4-7-15(23)8-5-13)12(2)30-21(19)24-20(25)14-6-9-16-17(10-14)29-11-28-16/h4-10H,3,11H2,1-2H3,(H,24,25). The van der Waals surface area contributed by atoms with Gasteiger partial charge in [0.1, 0.15) is 10.6 Å². The van der Waals surface area contributed by atoms with E-state index in [0.717, 1.165) is 16.0 Å². The Labute approximate surface area is 182 Å². The molecule has 0 saturated heterocycles. The molecule has 2 heterocycles. The van der Waals surface area contributed by atoms with Crippen LogP contribution in [0, 0.1) is 6.92 Å². The zero-order valence-electron chi connectivity index (χ0n) is 16.3. The van der Waals surface area contributed by atoms with Gasteiger partial charge in [-0.25, -0.2) is 4.79 Å². The summed E-state index contributed by atoms with van der Waals surface area (Å²) in [6.07, 6.45) is 0. The number of aryl methyl sites for hydroxylation is 1. The predicted molar refractivity (Wildman–Crippen MR) is 116 cm³/mol. The molecular weight excluding hydrogens is 426 g/mol. The molecular formula is C22H18ClNO5S. The van der Waals surface area contributed by atoms with Crippen LogP contribution < -0.4 is 14.8 Å². The molecule has 6 nitrogen and oxygen atoms in total. The van der Waals surface area contributed by atoms with Crippen LogP contribution in [0.4, 0.5) is 5.00 Å². The van der Waals surface area contributed by atoms with Gasteiger partial charge in [-0.3, -0.25) is 4.79 Å². The molecule has 154 valence electrons. The lowest BCUT2D eigenvalue weighted by atomic mass is 10.0. The van der Waals surface area contributed by atoms with Crippen LogP contribution >= 0.6 is 22.9 Å². The highest BCUT2D eigenvalue weighted by molar-refractivity contribution is 7.17. The van der Waals surface area contributed by atoms with E-state index in [1.165, 1.54) is 11.3 Å². The number of hydrogen-bond donors (Lipinski definition) is 1. The Morgan fingerprint density at radius 3 is 2.60 bits per heavy atom. The Balaban J connectivity index is 1.72. The molecule has 2 aromatic carbocycles. The van der Waals surface area contributed by atoms with Crippen LogP contribution in [0.5, 0.6) is 11.5 Å². The fourth-order valence-corrected chi connectivity index (χ4v) is 4.39. The molecule has 0 fully saturated rings. The number of nitrogens with one attached hydrogen (secondary N) is 1. The van der Waals surface area contributed by atoms with Crippen molar-refractivity contribution in [2.24, 2.45) is 0 Å². The fraction of sp³-hybridized carbons (Fsp3) is 0.182. The van der Waals surface area contributed by atoms with Crippen molar-refractivity contribution in [3.63, 3.8) is 0 Å². The Kier molecular flexibility index (Phi) is 5.65. The van der Waals surface area contributed by atoms with Crippen molar-refractivity contribution in [1.29, 1.82) is 0 Å². The Hall–Kier alpha value is -3.03. The van der Waals surface area contributed by atoms with Crippen molar-refractivity contribution in [2.45, 2.75) is 13.8 Å². The second kappa shape index (κ2) is 8.38. The number of carbonyl (C=O) groups excluding carboxylic acids is 2. The van der Waals surface area contributed by atoms with Crippen LogP contribution in [0.15, 0.2) is 42.5 Å². The van der Waals surface area contributed by atoms with Gasteiger partial charge < -0.3 is 19.5 Å². The maximum atomic E-state index is 12.9. The summed E-state index contributed by atoms with van der Waals surface area (Å²) < 4.78 is 15.9. The van der Waals surface area contributed by atoms with E-state index in [9.17, 15) is 9.59 Å². The van der Waals surface area contributed by atoms with E-state index in [-0.39, 0.29) is 19.3 Å². The van der Waals surface area contributed by atoms with Gasteiger partial charge in [-0.15, -0.1) is 11.3 Å². The third-order valence-electron chi connectivity index (χ3n) is 4.56. The average molecular weight is 444 g/mol. The van der Waals surface area contributed by atoms with Crippen LogP contribution in [-0.2, 0) is 4.74 Å². The van der Waals surface area contributed by atoms with Gasteiger partial charge in [-0.05, 0) is 49.7 Å². The number of benzene rings is 2. The van der Waals surface area contributed by atoms with Gasteiger partial charge in [0.15, 0.2) is 11.5 Å². The molecule has 0 aliphatic carbocycles. The minimum absolute atomic E-state index is 0.127. The van der Waals surface area contributed by atoms with E-state index >= 15 is 0 Å². The lowest BCUT2D eigenvalue weighted by Gasteiger charge is -2.09. The van der Waals surface area contributed by atoms with Crippen LogP contribution in [-0.4, -0.2) is 25.3 Å². The highest BCUT2D eigenvalue weighted by atomic mass is 35.5. The number of carbonyl (C=O) groups is 2. The Bertz CT molecular complexity index is 1120. The number of hydrogen-bond acceptors (Lipinski definition) is 6. The van der Waals surface area contributed by atoms with Gasteiger partial charge in [0, 0.05) is 21.0 Å². The molecule has 3 aromatic rings. The first-order valence-electron chi connectivity index (χ1n) is 9.25. The first kappa shape index (κ1) is 20.3. The molecule has 30 heavy (non-hydrogen) atoms. The molecule has 4 rings (SSSR count). The van der Waals surface area contributed by atoms with Gasteiger partial charge in [-0.1, -0.05) is 23.7 Å². The summed E-state index contributed by atoms with van der Waals surface area (Å²) in [7, 11) is 0. The Morgan fingerprint density at radius 1 is 1.13 bits per heavy atom. The van der Waals surface area contributed by atoms with E-state index in [1.54, 1.807) is 37.3 Å². The summed E-state index contributed by atoms with van der Waals surface area (Å²) in [5.74, 6) is 0.253. The summed E-state index contributed by atoms with van der Waals surface area (Å²) in [5.41, 5.74) is 2.26. The average Bonchev–Trinajstić information content (AvgIpc) is 3.32. The molecule has 0 bridgehead atoms. The van der Waals surface area contributed by atoms with E-state index in [1.807, 2.05) is 19.1 Å². The summed E-state index contributed by atoms with van der Waals surface area (Å²) in [5, 5.41) is 3.88. The number of esters is 1. The zero-order valence-corrected chi connectivity index (χ0v) is 17.9. The quantitative estimate of drug-likeness (QED) is 0.524. The molecule has 0 radical (unpaired) electrons. The summed E-state index contributed by atoms with van der Waals surface area (Å²) >= 11 is 7.33. The van der Waals surface area contributed by atoms with Gasteiger partial charge in [-0.2, -0.15) is 0 Å². The first-order valence-corrected chi connectivity index (χ1v) is 10.4. The van der Waals surface area contributed by atoms with Gasteiger partial charge in [0.25, 0.3) is 5.91 Å². The normalized spacial score (nSPS) is 12.0. The van der Waals surface area contributed by atoms with Gasteiger partial charge in [0.2, 0.25) is 6.79 Å². The number of rotatable bonds is 5. The molecule has 0 spiro atoms. The van der Waals surface area contributed by atoms with Gasteiger partial charge in [0.05, 0.1) is 6.61 Å². The molecule has 8 heteroatoms. The first-order chi connectivity index (χ1) is 14.5. The number of amides is 1. The summed E-state index contributed by atoms with van der Waals surface area (Å²) in [4.78, 5) is 26.5. The molecule has 1 N–H and O–H groups in total. The molecule has 1 aliphatic rings. The molecule has 1 aliphatic heterocycles. The highest BCUT2D eigenvalue weighted by Gasteiger charge is 2.26. The monoisotopic (exact) mass is 443 g/mol. The van der Waals surface area contributed by atoms with E-state index in [0.29, 0.717) is 32.6 Å². The summed E-state index contributed by atoms with van der Waals surface area (Å²) in [6.45, 7) is 3.99. The number of ether oxygens (including phenoxy) is 3. The van der Waals surface area contributed by atoms with E-state index < -0.39 is 5.97 Å². The topological polar surface area (TPSA) is 73.9 Å². The second-order valence-electron chi connectivity index (χ2n) is 6.49. The molecule has 1 amide bonds. The zero-order chi connectivity index (χ0) is 21.3. The number of halogens is 1. The van der Waals surface area contributed by atoms with Crippen molar-refractivity contribution in [1.82, 2.24) is 0 Å². The maximum absolute atomic E-state index is 12.9. The third kappa shape index (κ3) is 3.86. The smallest absolute Gasteiger partial charge is 0.341 e. The predicted octanol–water partition coefficient (Wildman–Crippen LogP) is 5.53. The van der Waals surface area contributed by atoms with Crippen molar-refractivity contribution in [3.05, 3.63) is 63.5 Å². The van der Waals surface area contributed by atoms with Crippen LogP contribution in [0.3, 0.4) is 0 Å². The van der Waals surface area contributed by atoms with Crippen molar-refractivity contribution >= 4 is 39.8 Å². The third-order valence-corrected chi connectivity index (χ3v) is 5.83.